The minimum Gasteiger partial charge on any atom is -0.338 e. The SMILES string of the molecule is CCn1nnc2c(Nc3ccc(Br)cc3)ncnc21. The van der Waals surface area contributed by atoms with Gasteiger partial charge in [0.1, 0.15) is 6.33 Å². The predicted molar refractivity (Wildman–Crippen MR) is 76.2 cm³/mol. The Balaban J connectivity index is 2.01. The number of aromatic nitrogens is 5. The van der Waals surface area contributed by atoms with E-state index in [-0.39, 0.29) is 0 Å². The summed E-state index contributed by atoms with van der Waals surface area (Å²) in [5, 5.41) is 11.4. The minimum atomic E-state index is 0.659. The molecule has 0 saturated carbocycles. The Labute approximate surface area is 118 Å². The lowest BCUT2D eigenvalue weighted by Gasteiger charge is -2.05. The molecule has 2 heterocycles. The average Bonchev–Trinajstić information content (AvgIpc) is 2.85. The molecule has 0 aliphatic carbocycles. The van der Waals surface area contributed by atoms with Crippen molar-refractivity contribution in [3.63, 3.8) is 0 Å². The number of rotatable bonds is 3. The van der Waals surface area contributed by atoms with Crippen molar-refractivity contribution in [2.24, 2.45) is 0 Å². The summed E-state index contributed by atoms with van der Waals surface area (Å²) in [6.45, 7) is 2.73. The summed E-state index contributed by atoms with van der Waals surface area (Å²) in [6, 6.07) is 7.85. The fourth-order valence-electron chi connectivity index (χ4n) is 1.77. The molecular formula is C12H11BrN6. The van der Waals surface area contributed by atoms with Crippen LogP contribution >= 0.6 is 15.9 Å². The van der Waals surface area contributed by atoms with Crippen molar-refractivity contribution in [2.75, 3.05) is 5.32 Å². The van der Waals surface area contributed by atoms with Gasteiger partial charge in [-0.25, -0.2) is 14.6 Å². The van der Waals surface area contributed by atoms with Gasteiger partial charge in [-0.3, -0.25) is 0 Å². The lowest BCUT2D eigenvalue weighted by molar-refractivity contribution is 0.641. The third-order valence-electron chi connectivity index (χ3n) is 2.71. The number of benzene rings is 1. The molecule has 3 aromatic rings. The fourth-order valence-corrected chi connectivity index (χ4v) is 2.03. The molecule has 0 unspecified atom stereocenters. The highest BCUT2D eigenvalue weighted by Gasteiger charge is 2.10. The van der Waals surface area contributed by atoms with Crippen LogP contribution in [-0.4, -0.2) is 25.0 Å². The summed E-state index contributed by atoms with van der Waals surface area (Å²) in [4.78, 5) is 8.43. The zero-order valence-electron chi connectivity index (χ0n) is 10.2. The van der Waals surface area contributed by atoms with Crippen LogP contribution in [0, 0.1) is 0 Å². The molecule has 1 aromatic carbocycles. The van der Waals surface area contributed by atoms with Gasteiger partial charge in [-0.15, -0.1) is 5.10 Å². The average molecular weight is 319 g/mol. The van der Waals surface area contributed by atoms with Crippen molar-refractivity contribution >= 4 is 38.6 Å². The van der Waals surface area contributed by atoms with Gasteiger partial charge in [-0.2, -0.15) is 0 Å². The number of fused-ring (bicyclic) bond motifs is 1. The van der Waals surface area contributed by atoms with E-state index in [0.717, 1.165) is 22.4 Å². The number of nitrogens with zero attached hydrogens (tertiary/aromatic N) is 5. The Morgan fingerprint density at radius 2 is 2.00 bits per heavy atom. The molecule has 0 bridgehead atoms. The Morgan fingerprint density at radius 1 is 1.21 bits per heavy atom. The summed E-state index contributed by atoms with van der Waals surface area (Å²) in [6.07, 6.45) is 1.51. The predicted octanol–water partition coefficient (Wildman–Crippen LogP) is 2.75. The molecule has 2 aromatic heterocycles. The maximum Gasteiger partial charge on any atom is 0.183 e. The van der Waals surface area contributed by atoms with Crippen molar-refractivity contribution in [1.29, 1.82) is 0 Å². The van der Waals surface area contributed by atoms with Crippen LogP contribution in [0.15, 0.2) is 35.1 Å². The summed E-state index contributed by atoms with van der Waals surface area (Å²) in [5.74, 6) is 0.659. The van der Waals surface area contributed by atoms with E-state index in [9.17, 15) is 0 Å². The second-order valence-electron chi connectivity index (χ2n) is 3.93. The first-order chi connectivity index (χ1) is 9.28. The van der Waals surface area contributed by atoms with Crippen LogP contribution in [0.25, 0.3) is 11.2 Å². The van der Waals surface area contributed by atoms with Crippen LogP contribution < -0.4 is 5.32 Å². The zero-order chi connectivity index (χ0) is 13.2. The first-order valence-corrected chi connectivity index (χ1v) is 6.64. The largest absolute Gasteiger partial charge is 0.338 e. The van der Waals surface area contributed by atoms with E-state index in [1.165, 1.54) is 6.33 Å². The molecule has 3 rings (SSSR count). The molecular weight excluding hydrogens is 308 g/mol. The number of aryl methyl sites for hydroxylation is 1. The molecule has 7 heteroatoms. The highest BCUT2D eigenvalue weighted by molar-refractivity contribution is 9.10. The lowest BCUT2D eigenvalue weighted by Crippen LogP contribution is -1.99. The Hall–Kier alpha value is -2.02. The molecule has 0 radical (unpaired) electrons. The fraction of sp³-hybridized carbons (Fsp3) is 0.167. The van der Waals surface area contributed by atoms with Crippen LogP contribution in [-0.2, 0) is 6.54 Å². The van der Waals surface area contributed by atoms with Crippen LogP contribution in [0.5, 0.6) is 0 Å². The van der Waals surface area contributed by atoms with Crippen molar-refractivity contribution in [3.05, 3.63) is 35.1 Å². The first-order valence-electron chi connectivity index (χ1n) is 5.84. The normalized spacial score (nSPS) is 10.8. The topological polar surface area (TPSA) is 68.5 Å². The lowest BCUT2D eigenvalue weighted by atomic mass is 10.3. The molecule has 0 aliphatic heterocycles. The van der Waals surface area contributed by atoms with Gasteiger partial charge in [0, 0.05) is 16.7 Å². The number of hydrogen-bond donors (Lipinski definition) is 1. The Kier molecular flexibility index (Phi) is 3.12. The van der Waals surface area contributed by atoms with E-state index in [1.54, 1.807) is 4.68 Å². The van der Waals surface area contributed by atoms with Crippen molar-refractivity contribution in [1.82, 2.24) is 25.0 Å². The first kappa shape index (κ1) is 12.0. The number of nitrogens with one attached hydrogen (secondary N) is 1. The molecule has 0 fully saturated rings. The van der Waals surface area contributed by atoms with E-state index in [2.05, 4.69) is 41.5 Å². The second kappa shape index (κ2) is 4.93. The van der Waals surface area contributed by atoms with E-state index in [4.69, 9.17) is 0 Å². The quantitative estimate of drug-likeness (QED) is 0.804. The molecule has 0 atom stereocenters. The molecule has 96 valence electrons. The van der Waals surface area contributed by atoms with Crippen LogP contribution in [0.4, 0.5) is 11.5 Å². The van der Waals surface area contributed by atoms with Gasteiger partial charge in [0.2, 0.25) is 0 Å². The van der Waals surface area contributed by atoms with Gasteiger partial charge in [0.05, 0.1) is 0 Å². The summed E-state index contributed by atoms with van der Waals surface area (Å²) in [7, 11) is 0. The minimum absolute atomic E-state index is 0.659. The number of halogens is 1. The number of anilines is 2. The summed E-state index contributed by atoms with van der Waals surface area (Å²) >= 11 is 3.40. The monoisotopic (exact) mass is 318 g/mol. The molecule has 0 spiro atoms. The van der Waals surface area contributed by atoms with Gasteiger partial charge < -0.3 is 5.32 Å². The van der Waals surface area contributed by atoms with Crippen molar-refractivity contribution in [2.45, 2.75) is 13.5 Å². The van der Waals surface area contributed by atoms with E-state index < -0.39 is 0 Å². The van der Waals surface area contributed by atoms with Gasteiger partial charge in [0.15, 0.2) is 17.0 Å². The highest BCUT2D eigenvalue weighted by atomic mass is 79.9. The summed E-state index contributed by atoms with van der Waals surface area (Å²) < 4.78 is 2.77. The smallest absolute Gasteiger partial charge is 0.183 e. The molecule has 6 nitrogen and oxygen atoms in total. The van der Waals surface area contributed by atoms with Gasteiger partial charge in [0.25, 0.3) is 0 Å². The van der Waals surface area contributed by atoms with Crippen LogP contribution in [0.3, 0.4) is 0 Å². The van der Waals surface area contributed by atoms with Crippen molar-refractivity contribution in [3.8, 4) is 0 Å². The molecule has 19 heavy (non-hydrogen) atoms. The van der Waals surface area contributed by atoms with E-state index in [0.29, 0.717) is 11.3 Å². The van der Waals surface area contributed by atoms with Crippen LogP contribution in [0.2, 0.25) is 0 Å². The van der Waals surface area contributed by atoms with Gasteiger partial charge in [-0.1, -0.05) is 21.1 Å². The molecule has 0 aliphatic rings. The molecule has 0 saturated heterocycles. The van der Waals surface area contributed by atoms with E-state index >= 15 is 0 Å². The highest BCUT2D eigenvalue weighted by Crippen LogP contribution is 2.22. The zero-order valence-corrected chi connectivity index (χ0v) is 11.8. The molecule has 1 N–H and O–H groups in total. The van der Waals surface area contributed by atoms with Crippen LogP contribution in [0.1, 0.15) is 6.92 Å². The van der Waals surface area contributed by atoms with Gasteiger partial charge in [-0.05, 0) is 31.2 Å². The Morgan fingerprint density at radius 3 is 2.74 bits per heavy atom. The second-order valence-corrected chi connectivity index (χ2v) is 4.85. The third kappa shape index (κ3) is 2.28. The maximum atomic E-state index is 4.22. The number of hydrogen-bond acceptors (Lipinski definition) is 5. The molecule has 0 amide bonds. The van der Waals surface area contributed by atoms with E-state index in [1.807, 2.05) is 31.2 Å². The maximum absolute atomic E-state index is 4.22. The van der Waals surface area contributed by atoms with Gasteiger partial charge >= 0.3 is 0 Å². The standard InChI is InChI=1S/C12H11BrN6/c1-2-19-12-10(17-18-19)11(14-7-15-12)16-9-5-3-8(13)4-6-9/h3-7H,2H2,1H3,(H,14,15,16). The Bertz CT molecular complexity index is 706. The summed E-state index contributed by atoms with van der Waals surface area (Å²) in [5.41, 5.74) is 2.35. The third-order valence-corrected chi connectivity index (χ3v) is 3.24. The van der Waals surface area contributed by atoms with Crippen molar-refractivity contribution < 1.29 is 0 Å².